The highest BCUT2D eigenvalue weighted by Gasteiger charge is 2.36. The van der Waals surface area contributed by atoms with Gasteiger partial charge >= 0.3 is 6.09 Å². The SMILES string of the molecule is Cn1cc(-c2ncccc2CNC(=O)OC2CN3CCC2CC3)cn1. The number of hydrogen-bond acceptors (Lipinski definition) is 5. The van der Waals surface area contributed by atoms with E-state index in [9.17, 15) is 4.79 Å². The van der Waals surface area contributed by atoms with Crippen molar-refractivity contribution in [3.63, 3.8) is 0 Å². The maximum Gasteiger partial charge on any atom is 0.407 e. The highest BCUT2D eigenvalue weighted by Crippen LogP contribution is 2.29. The molecule has 0 aromatic carbocycles. The van der Waals surface area contributed by atoms with Gasteiger partial charge < -0.3 is 10.1 Å². The summed E-state index contributed by atoms with van der Waals surface area (Å²) in [6, 6.07) is 3.83. The van der Waals surface area contributed by atoms with E-state index in [0.717, 1.165) is 49.3 Å². The summed E-state index contributed by atoms with van der Waals surface area (Å²) < 4.78 is 7.41. The number of hydrogen-bond donors (Lipinski definition) is 1. The molecule has 7 nitrogen and oxygen atoms in total. The monoisotopic (exact) mass is 341 g/mol. The molecule has 2 aromatic rings. The Kier molecular flexibility index (Phi) is 4.40. The van der Waals surface area contributed by atoms with Crippen LogP contribution in [0.25, 0.3) is 11.3 Å². The van der Waals surface area contributed by atoms with Crippen LogP contribution in [-0.4, -0.2) is 51.5 Å². The fourth-order valence-corrected chi connectivity index (χ4v) is 3.78. The number of carbonyl (C=O) groups is 1. The van der Waals surface area contributed by atoms with Crippen LogP contribution in [0, 0.1) is 5.92 Å². The minimum atomic E-state index is -0.347. The van der Waals surface area contributed by atoms with Crippen LogP contribution in [0.15, 0.2) is 30.7 Å². The summed E-state index contributed by atoms with van der Waals surface area (Å²) in [5, 5.41) is 7.06. The first-order chi connectivity index (χ1) is 12.2. The molecule has 1 N–H and O–H groups in total. The van der Waals surface area contributed by atoms with Crippen LogP contribution in [0.3, 0.4) is 0 Å². The van der Waals surface area contributed by atoms with E-state index in [4.69, 9.17) is 4.74 Å². The molecular formula is C18H23N5O2. The Morgan fingerprint density at radius 3 is 2.92 bits per heavy atom. The number of amides is 1. The number of fused-ring (bicyclic) bond motifs is 3. The Labute approximate surface area is 147 Å². The van der Waals surface area contributed by atoms with E-state index >= 15 is 0 Å². The zero-order chi connectivity index (χ0) is 17.2. The molecular weight excluding hydrogens is 318 g/mol. The van der Waals surface area contributed by atoms with Crippen LogP contribution in [0.2, 0.25) is 0 Å². The zero-order valence-corrected chi connectivity index (χ0v) is 14.4. The first kappa shape index (κ1) is 16.1. The number of piperidine rings is 3. The summed E-state index contributed by atoms with van der Waals surface area (Å²) in [6.07, 6.45) is 7.37. The summed E-state index contributed by atoms with van der Waals surface area (Å²) in [5.74, 6) is 0.514. The van der Waals surface area contributed by atoms with Crippen LogP contribution in [0.5, 0.6) is 0 Å². The fourth-order valence-electron chi connectivity index (χ4n) is 3.78. The normalized spacial score (nSPS) is 24.9. The molecule has 1 unspecified atom stereocenters. The van der Waals surface area contributed by atoms with Crippen molar-refractivity contribution in [3.05, 3.63) is 36.3 Å². The third-order valence-electron chi connectivity index (χ3n) is 5.15. The summed E-state index contributed by atoms with van der Waals surface area (Å²) in [7, 11) is 1.87. The van der Waals surface area contributed by atoms with Crippen LogP contribution >= 0.6 is 0 Å². The van der Waals surface area contributed by atoms with E-state index in [0.29, 0.717) is 12.5 Å². The number of rotatable bonds is 4. The molecule has 3 saturated heterocycles. The molecule has 3 aliphatic heterocycles. The molecule has 0 aliphatic carbocycles. The standard InChI is InChI=1S/C18H23N5O2/c1-22-11-15(10-21-22)17-14(3-2-6-19-17)9-20-18(24)25-16-12-23-7-4-13(16)5-8-23/h2-3,6,10-11,13,16H,4-5,7-9,12H2,1H3,(H,20,24). The quantitative estimate of drug-likeness (QED) is 0.918. The minimum absolute atomic E-state index is 0.0224. The van der Waals surface area contributed by atoms with Gasteiger partial charge in [0.25, 0.3) is 0 Å². The van der Waals surface area contributed by atoms with E-state index in [1.165, 1.54) is 0 Å². The molecule has 1 atom stereocenters. The molecule has 5 heterocycles. The maximum atomic E-state index is 12.2. The van der Waals surface area contributed by atoms with Gasteiger partial charge in [0, 0.05) is 38.1 Å². The highest BCUT2D eigenvalue weighted by atomic mass is 16.6. The summed E-state index contributed by atoms with van der Waals surface area (Å²) in [6.45, 7) is 3.52. The number of nitrogens with one attached hydrogen (secondary N) is 1. The van der Waals surface area contributed by atoms with Gasteiger partial charge in [-0.25, -0.2) is 4.79 Å². The van der Waals surface area contributed by atoms with Crippen molar-refractivity contribution in [2.24, 2.45) is 13.0 Å². The molecule has 0 radical (unpaired) electrons. The average Bonchev–Trinajstić information content (AvgIpc) is 3.07. The zero-order valence-electron chi connectivity index (χ0n) is 14.4. The molecule has 1 amide bonds. The van der Waals surface area contributed by atoms with Gasteiger partial charge in [-0.1, -0.05) is 6.07 Å². The topological polar surface area (TPSA) is 72.3 Å². The molecule has 2 aromatic heterocycles. The summed E-state index contributed by atoms with van der Waals surface area (Å²) in [5.41, 5.74) is 2.71. The van der Waals surface area contributed by atoms with E-state index in [1.807, 2.05) is 25.4 Å². The lowest BCUT2D eigenvalue weighted by molar-refractivity contribution is -0.0332. The highest BCUT2D eigenvalue weighted by molar-refractivity contribution is 5.68. The predicted octanol–water partition coefficient (Wildman–Crippen LogP) is 1.80. The number of carbonyl (C=O) groups excluding carboxylic acids is 1. The number of alkyl carbamates (subject to hydrolysis) is 1. The second-order valence-corrected chi connectivity index (χ2v) is 6.85. The summed E-state index contributed by atoms with van der Waals surface area (Å²) >= 11 is 0. The predicted molar refractivity (Wildman–Crippen MR) is 92.7 cm³/mol. The first-order valence-electron chi connectivity index (χ1n) is 8.79. The van der Waals surface area contributed by atoms with Gasteiger partial charge in [0.05, 0.1) is 11.9 Å². The lowest BCUT2D eigenvalue weighted by atomic mass is 9.86. The number of pyridine rings is 1. The van der Waals surface area contributed by atoms with Gasteiger partial charge in [0.15, 0.2) is 0 Å². The smallest absolute Gasteiger partial charge is 0.407 e. The van der Waals surface area contributed by atoms with Gasteiger partial charge in [-0.3, -0.25) is 14.6 Å². The molecule has 7 heteroatoms. The number of ether oxygens (including phenoxy) is 1. The Morgan fingerprint density at radius 1 is 1.40 bits per heavy atom. The third kappa shape index (κ3) is 3.51. The van der Waals surface area contributed by atoms with E-state index < -0.39 is 0 Å². The minimum Gasteiger partial charge on any atom is -0.445 e. The van der Waals surface area contributed by atoms with E-state index in [2.05, 4.69) is 20.3 Å². The molecule has 0 saturated carbocycles. The summed E-state index contributed by atoms with van der Waals surface area (Å²) in [4.78, 5) is 19.0. The van der Waals surface area contributed by atoms with Gasteiger partial charge in [-0.15, -0.1) is 0 Å². The van der Waals surface area contributed by atoms with Crippen molar-refractivity contribution in [3.8, 4) is 11.3 Å². The Morgan fingerprint density at radius 2 is 2.24 bits per heavy atom. The molecule has 132 valence electrons. The molecule has 0 spiro atoms. The molecule has 2 bridgehead atoms. The first-order valence-corrected chi connectivity index (χ1v) is 8.79. The van der Waals surface area contributed by atoms with Crippen LogP contribution in [0.1, 0.15) is 18.4 Å². The number of nitrogens with zero attached hydrogens (tertiary/aromatic N) is 4. The van der Waals surface area contributed by atoms with Gasteiger partial charge in [-0.2, -0.15) is 5.10 Å². The Hall–Kier alpha value is -2.41. The van der Waals surface area contributed by atoms with Crippen molar-refractivity contribution in [2.75, 3.05) is 19.6 Å². The van der Waals surface area contributed by atoms with Gasteiger partial charge in [0.1, 0.15) is 6.10 Å². The largest absolute Gasteiger partial charge is 0.445 e. The third-order valence-corrected chi connectivity index (χ3v) is 5.15. The Bertz CT molecular complexity index is 751. The number of aryl methyl sites for hydroxylation is 1. The van der Waals surface area contributed by atoms with Crippen molar-refractivity contribution in [2.45, 2.75) is 25.5 Å². The van der Waals surface area contributed by atoms with Crippen molar-refractivity contribution >= 4 is 6.09 Å². The number of aromatic nitrogens is 3. The second kappa shape index (κ2) is 6.84. The second-order valence-electron chi connectivity index (χ2n) is 6.85. The van der Waals surface area contributed by atoms with E-state index in [1.54, 1.807) is 17.1 Å². The van der Waals surface area contributed by atoms with E-state index in [-0.39, 0.29) is 12.2 Å². The maximum absolute atomic E-state index is 12.2. The molecule has 3 aliphatic rings. The van der Waals surface area contributed by atoms with Gasteiger partial charge in [-0.05, 0) is 43.5 Å². The molecule has 3 fully saturated rings. The fraction of sp³-hybridized carbons (Fsp3) is 0.500. The van der Waals surface area contributed by atoms with Gasteiger partial charge in [0.2, 0.25) is 0 Å². The van der Waals surface area contributed by atoms with Crippen molar-refractivity contribution in [1.82, 2.24) is 25.0 Å². The van der Waals surface area contributed by atoms with Crippen LogP contribution in [0.4, 0.5) is 4.79 Å². The molecule has 25 heavy (non-hydrogen) atoms. The van der Waals surface area contributed by atoms with Crippen molar-refractivity contribution in [1.29, 1.82) is 0 Å². The van der Waals surface area contributed by atoms with Crippen LogP contribution in [-0.2, 0) is 18.3 Å². The Balaban J connectivity index is 1.38. The average molecular weight is 341 g/mol. The molecule has 5 rings (SSSR count). The lowest BCUT2D eigenvalue weighted by Crippen LogP contribution is -2.52. The van der Waals surface area contributed by atoms with Crippen LogP contribution < -0.4 is 5.32 Å². The lowest BCUT2D eigenvalue weighted by Gasteiger charge is -2.43. The van der Waals surface area contributed by atoms with Crippen molar-refractivity contribution < 1.29 is 9.53 Å².